The maximum atomic E-state index is 12.8. The first-order valence-electron chi connectivity index (χ1n) is 7.02. The number of urea groups is 1. The van der Waals surface area contributed by atoms with Gasteiger partial charge in [-0.1, -0.05) is 34.6 Å². The maximum Gasteiger partial charge on any atom is 0.327 e. The van der Waals surface area contributed by atoms with Gasteiger partial charge in [-0.25, -0.2) is 4.79 Å². The van der Waals surface area contributed by atoms with E-state index in [4.69, 9.17) is 0 Å². The van der Waals surface area contributed by atoms with E-state index in [-0.39, 0.29) is 28.7 Å². The molecule has 1 heterocycles. The standard InChI is InChI=1S/C15H26N2O2/c1-10-14(4,5)8-13(2,3)9-15(10)11(18)16(6)12(19)17(15)7/h10H,8-9H2,1-7H3. The maximum absolute atomic E-state index is 12.8. The number of amides is 3. The van der Waals surface area contributed by atoms with Gasteiger partial charge in [-0.05, 0) is 29.6 Å². The average Bonchev–Trinajstić information content (AvgIpc) is 2.41. The zero-order valence-corrected chi connectivity index (χ0v) is 13.2. The van der Waals surface area contributed by atoms with Crippen molar-refractivity contribution in [3.05, 3.63) is 0 Å². The van der Waals surface area contributed by atoms with E-state index in [0.717, 1.165) is 12.8 Å². The number of carbonyl (C=O) groups excluding carboxylic acids is 2. The Bertz CT molecular complexity index is 441. The number of hydrogen-bond donors (Lipinski definition) is 0. The van der Waals surface area contributed by atoms with Crippen molar-refractivity contribution in [3.63, 3.8) is 0 Å². The van der Waals surface area contributed by atoms with Gasteiger partial charge in [-0.2, -0.15) is 0 Å². The van der Waals surface area contributed by atoms with Gasteiger partial charge >= 0.3 is 6.03 Å². The van der Waals surface area contributed by atoms with Crippen molar-refractivity contribution in [2.75, 3.05) is 14.1 Å². The number of imide groups is 1. The molecular formula is C15H26N2O2. The van der Waals surface area contributed by atoms with Crippen LogP contribution in [0, 0.1) is 16.7 Å². The molecule has 1 saturated heterocycles. The molecule has 1 aliphatic heterocycles. The largest absolute Gasteiger partial charge is 0.327 e. The Labute approximate surface area is 116 Å². The van der Waals surface area contributed by atoms with Crippen molar-refractivity contribution in [2.24, 2.45) is 16.7 Å². The minimum Gasteiger partial charge on any atom is -0.312 e. The number of rotatable bonds is 0. The zero-order valence-electron chi connectivity index (χ0n) is 13.2. The molecule has 4 heteroatoms. The lowest BCUT2D eigenvalue weighted by atomic mass is 9.52. The molecule has 1 aliphatic carbocycles. The molecule has 0 bridgehead atoms. The van der Waals surface area contributed by atoms with E-state index in [9.17, 15) is 9.59 Å². The molecule has 3 amide bonds. The molecule has 2 rings (SSSR count). The van der Waals surface area contributed by atoms with Crippen LogP contribution in [0.1, 0.15) is 47.5 Å². The fourth-order valence-corrected chi connectivity index (χ4v) is 4.56. The molecule has 4 nitrogen and oxygen atoms in total. The second-order valence-corrected chi connectivity index (χ2v) is 7.86. The lowest BCUT2D eigenvalue weighted by Gasteiger charge is -2.55. The molecule has 0 N–H and O–H groups in total. The predicted molar refractivity (Wildman–Crippen MR) is 74.6 cm³/mol. The van der Waals surface area contributed by atoms with Gasteiger partial charge < -0.3 is 4.90 Å². The number of nitrogens with zero attached hydrogens (tertiary/aromatic N) is 2. The van der Waals surface area contributed by atoms with Crippen LogP contribution in [0.25, 0.3) is 0 Å². The molecule has 2 atom stereocenters. The van der Waals surface area contributed by atoms with E-state index in [0.29, 0.717) is 0 Å². The minimum absolute atomic E-state index is 0.0339. The SMILES string of the molecule is CC1C(C)(C)CC(C)(C)CC12C(=O)N(C)C(=O)N2C. The van der Waals surface area contributed by atoms with E-state index >= 15 is 0 Å². The number of hydrogen-bond acceptors (Lipinski definition) is 2. The first-order chi connectivity index (χ1) is 8.46. The van der Waals surface area contributed by atoms with Gasteiger partial charge in [-0.3, -0.25) is 9.69 Å². The highest BCUT2D eigenvalue weighted by Gasteiger charge is 2.64. The highest BCUT2D eigenvalue weighted by molar-refractivity contribution is 6.07. The summed E-state index contributed by atoms with van der Waals surface area (Å²) in [5.74, 6) is 0.118. The Morgan fingerprint density at radius 3 is 2.00 bits per heavy atom. The lowest BCUT2D eigenvalue weighted by Crippen LogP contribution is -2.62. The van der Waals surface area contributed by atoms with Crippen molar-refractivity contribution in [1.82, 2.24) is 9.80 Å². The van der Waals surface area contributed by atoms with Crippen LogP contribution >= 0.6 is 0 Å². The third-order valence-corrected chi connectivity index (χ3v) is 5.42. The Balaban J connectivity index is 2.58. The second kappa shape index (κ2) is 3.74. The molecular weight excluding hydrogens is 240 g/mol. The highest BCUT2D eigenvalue weighted by atomic mass is 16.2. The van der Waals surface area contributed by atoms with E-state index in [1.54, 1.807) is 19.0 Å². The van der Waals surface area contributed by atoms with Crippen LogP contribution in [0.2, 0.25) is 0 Å². The van der Waals surface area contributed by atoms with Gasteiger partial charge in [0, 0.05) is 14.1 Å². The highest BCUT2D eigenvalue weighted by Crippen LogP contribution is 2.57. The van der Waals surface area contributed by atoms with Crippen molar-refractivity contribution < 1.29 is 9.59 Å². The van der Waals surface area contributed by atoms with Crippen molar-refractivity contribution >= 4 is 11.9 Å². The summed E-state index contributed by atoms with van der Waals surface area (Å²) in [6.45, 7) is 10.9. The number of likely N-dealkylation sites (N-methyl/N-ethyl adjacent to an activating group) is 2. The Morgan fingerprint density at radius 1 is 1.05 bits per heavy atom. The second-order valence-electron chi connectivity index (χ2n) is 7.86. The van der Waals surface area contributed by atoms with Crippen molar-refractivity contribution in [1.29, 1.82) is 0 Å². The van der Waals surface area contributed by atoms with Gasteiger partial charge in [0.25, 0.3) is 5.91 Å². The fourth-order valence-electron chi connectivity index (χ4n) is 4.56. The molecule has 0 aromatic rings. The van der Waals surface area contributed by atoms with Crippen molar-refractivity contribution in [3.8, 4) is 0 Å². The Hall–Kier alpha value is -1.06. The van der Waals surface area contributed by atoms with Gasteiger partial charge in [0.1, 0.15) is 5.54 Å². The zero-order chi connectivity index (χ0) is 14.8. The molecule has 2 fully saturated rings. The topological polar surface area (TPSA) is 40.6 Å². The molecule has 0 aromatic carbocycles. The number of carbonyl (C=O) groups is 2. The first kappa shape index (κ1) is 14.4. The summed E-state index contributed by atoms with van der Waals surface area (Å²) in [6.07, 6.45) is 1.82. The molecule has 2 aliphatic rings. The third-order valence-electron chi connectivity index (χ3n) is 5.42. The minimum atomic E-state index is -0.670. The average molecular weight is 266 g/mol. The monoisotopic (exact) mass is 266 g/mol. The van der Waals surface area contributed by atoms with Crippen LogP contribution < -0.4 is 0 Å². The molecule has 0 aromatic heterocycles. The van der Waals surface area contributed by atoms with Gasteiger partial charge in [0.15, 0.2) is 0 Å². The summed E-state index contributed by atoms with van der Waals surface area (Å²) < 4.78 is 0. The van der Waals surface area contributed by atoms with Gasteiger partial charge in [-0.15, -0.1) is 0 Å². The smallest absolute Gasteiger partial charge is 0.312 e. The summed E-state index contributed by atoms with van der Waals surface area (Å²) in [5, 5.41) is 0. The summed E-state index contributed by atoms with van der Waals surface area (Å²) in [7, 11) is 3.37. The Morgan fingerprint density at radius 2 is 1.58 bits per heavy atom. The molecule has 19 heavy (non-hydrogen) atoms. The summed E-state index contributed by atoms with van der Waals surface area (Å²) in [4.78, 5) is 27.9. The summed E-state index contributed by atoms with van der Waals surface area (Å²) in [5.41, 5.74) is -0.570. The molecule has 1 spiro atoms. The van der Waals surface area contributed by atoms with E-state index < -0.39 is 5.54 Å². The quantitative estimate of drug-likeness (QED) is 0.633. The van der Waals surface area contributed by atoms with E-state index in [2.05, 4.69) is 34.6 Å². The molecule has 1 saturated carbocycles. The van der Waals surface area contributed by atoms with Gasteiger partial charge in [0.2, 0.25) is 0 Å². The predicted octanol–water partition coefficient (Wildman–Crippen LogP) is 2.73. The fraction of sp³-hybridized carbons (Fsp3) is 0.867. The van der Waals surface area contributed by atoms with Crippen molar-refractivity contribution in [2.45, 2.75) is 53.0 Å². The molecule has 0 radical (unpaired) electrons. The van der Waals surface area contributed by atoms with Crippen LogP contribution in [-0.2, 0) is 4.79 Å². The van der Waals surface area contributed by atoms with Gasteiger partial charge in [0.05, 0.1) is 0 Å². The van der Waals surface area contributed by atoms with Crippen LogP contribution in [0.5, 0.6) is 0 Å². The van der Waals surface area contributed by atoms with Crippen LogP contribution in [-0.4, -0.2) is 41.4 Å². The van der Waals surface area contributed by atoms with E-state index in [1.165, 1.54) is 4.90 Å². The molecule has 2 unspecified atom stereocenters. The van der Waals surface area contributed by atoms with Crippen LogP contribution in [0.15, 0.2) is 0 Å². The summed E-state index contributed by atoms with van der Waals surface area (Å²) in [6, 6.07) is -0.176. The normalized spacial score (nSPS) is 37.3. The Kier molecular flexibility index (Phi) is 2.82. The van der Waals surface area contributed by atoms with Crippen LogP contribution in [0.4, 0.5) is 4.79 Å². The summed E-state index contributed by atoms with van der Waals surface area (Å²) >= 11 is 0. The lowest BCUT2D eigenvalue weighted by molar-refractivity contribution is -0.146. The molecule has 108 valence electrons. The first-order valence-corrected chi connectivity index (χ1v) is 7.02. The van der Waals surface area contributed by atoms with E-state index in [1.807, 2.05) is 0 Å². The third kappa shape index (κ3) is 1.72. The van der Waals surface area contributed by atoms with Crippen LogP contribution in [0.3, 0.4) is 0 Å².